The number of nitrogens with zero attached hydrogens (tertiary/aromatic N) is 2. The molecule has 0 saturated heterocycles. The van der Waals surface area contributed by atoms with Crippen LogP contribution in [0.4, 0.5) is 13.2 Å². The first-order valence-electron chi connectivity index (χ1n) is 8.03. The standard InChI is InChI=1S/C17H18F3N3O4/c1-4-9-16(2,15(25)26-3)22-13(24)11-7-5-10(6-8-11)12-21-14(27-23-12)17(18,19)20/h5-8H,4,9H2,1-3H3,(H,22,24)/t16-/m0/s1. The zero-order valence-corrected chi connectivity index (χ0v) is 14.9. The molecule has 0 unspecified atom stereocenters. The summed E-state index contributed by atoms with van der Waals surface area (Å²) >= 11 is 0. The highest BCUT2D eigenvalue weighted by molar-refractivity contribution is 5.98. The Morgan fingerprint density at radius 2 is 1.85 bits per heavy atom. The summed E-state index contributed by atoms with van der Waals surface area (Å²) in [5.41, 5.74) is -0.728. The molecule has 7 nitrogen and oxygen atoms in total. The summed E-state index contributed by atoms with van der Waals surface area (Å²) < 4.78 is 46.5. The van der Waals surface area contributed by atoms with Crippen molar-refractivity contribution in [3.8, 4) is 11.4 Å². The van der Waals surface area contributed by atoms with E-state index in [4.69, 9.17) is 4.74 Å². The van der Waals surface area contributed by atoms with Gasteiger partial charge in [0.2, 0.25) is 5.82 Å². The number of carbonyl (C=O) groups excluding carboxylic acids is 2. The third-order valence-electron chi connectivity index (χ3n) is 3.85. The van der Waals surface area contributed by atoms with Crippen LogP contribution in [0.2, 0.25) is 0 Å². The molecule has 0 saturated carbocycles. The lowest BCUT2D eigenvalue weighted by molar-refractivity contribution is -0.159. The van der Waals surface area contributed by atoms with E-state index in [0.29, 0.717) is 12.8 Å². The normalized spacial score (nSPS) is 13.7. The fraction of sp³-hybridized carbons (Fsp3) is 0.412. The number of methoxy groups -OCH3 is 1. The lowest BCUT2D eigenvalue weighted by Gasteiger charge is -2.27. The average Bonchev–Trinajstić information content (AvgIpc) is 3.11. The molecule has 1 aromatic carbocycles. The van der Waals surface area contributed by atoms with Gasteiger partial charge in [0, 0.05) is 11.1 Å². The second-order valence-corrected chi connectivity index (χ2v) is 6.03. The maximum absolute atomic E-state index is 12.5. The minimum atomic E-state index is -4.73. The van der Waals surface area contributed by atoms with Gasteiger partial charge in [-0.25, -0.2) is 4.79 Å². The van der Waals surface area contributed by atoms with Crippen LogP contribution in [0.15, 0.2) is 28.8 Å². The molecule has 1 heterocycles. The van der Waals surface area contributed by atoms with Crippen LogP contribution in [0.3, 0.4) is 0 Å². The average molecular weight is 385 g/mol. The molecule has 0 aliphatic carbocycles. The number of nitrogens with one attached hydrogen (secondary N) is 1. The smallest absolute Gasteiger partial charge is 0.467 e. The molecule has 1 amide bonds. The van der Waals surface area contributed by atoms with Crippen molar-refractivity contribution in [2.75, 3.05) is 7.11 Å². The largest absolute Gasteiger partial charge is 0.471 e. The monoisotopic (exact) mass is 385 g/mol. The number of amides is 1. The van der Waals surface area contributed by atoms with Crippen LogP contribution >= 0.6 is 0 Å². The van der Waals surface area contributed by atoms with Crippen molar-refractivity contribution in [3.63, 3.8) is 0 Å². The Morgan fingerprint density at radius 1 is 1.22 bits per heavy atom. The Kier molecular flexibility index (Phi) is 5.87. The van der Waals surface area contributed by atoms with Crippen molar-refractivity contribution in [2.45, 2.75) is 38.4 Å². The number of alkyl halides is 3. The number of esters is 1. The van der Waals surface area contributed by atoms with Gasteiger partial charge < -0.3 is 14.6 Å². The molecule has 27 heavy (non-hydrogen) atoms. The first-order valence-corrected chi connectivity index (χ1v) is 8.03. The molecule has 1 atom stereocenters. The van der Waals surface area contributed by atoms with E-state index in [2.05, 4.69) is 20.0 Å². The predicted molar refractivity (Wildman–Crippen MR) is 87.5 cm³/mol. The fourth-order valence-electron chi connectivity index (χ4n) is 2.49. The van der Waals surface area contributed by atoms with Gasteiger partial charge in [0.05, 0.1) is 7.11 Å². The number of hydrogen-bond acceptors (Lipinski definition) is 6. The third kappa shape index (κ3) is 4.63. The van der Waals surface area contributed by atoms with E-state index >= 15 is 0 Å². The van der Waals surface area contributed by atoms with E-state index in [1.54, 1.807) is 6.92 Å². The zero-order chi connectivity index (χ0) is 20.2. The first-order chi connectivity index (χ1) is 12.6. The summed E-state index contributed by atoms with van der Waals surface area (Å²) in [4.78, 5) is 27.7. The Labute approximate surface area is 152 Å². The topological polar surface area (TPSA) is 94.3 Å². The number of ether oxygens (including phenoxy) is 1. The van der Waals surface area contributed by atoms with Gasteiger partial charge in [-0.1, -0.05) is 30.6 Å². The van der Waals surface area contributed by atoms with E-state index in [-0.39, 0.29) is 17.0 Å². The summed E-state index contributed by atoms with van der Waals surface area (Å²) in [5.74, 6) is -2.79. The van der Waals surface area contributed by atoms with Crippen LogP contribution in [0.1, 0.15) is 42.9 Å². The molecular weight excluding hydrogens is 367 g/mol. The first kappa shape index (κ1) is 20.4. The molecule has 0 aliphatic heterocycles. The van der Waals surface area contributed by atoms with E-state index in [1.807, 2.05) is 6.92 Å². The number of rotatable bonds is 6. The van der Waals surface area contributed by atoms with Gasteiger partial charge >= 0.3 is 18.0 Å². The molecule has 2 aromatic rings. The van der Waals surface area contributed by atoms with E-state index in [0.717, 1.165) is 0 Å². The number of aromatic nitrogens is 2. The van der Waals surface area contributed by atoms with Crippen LogP contribution in [0.25, 0.3) is 11.4 Å². The van der Waals surface area contributed by atoms with Crippen molar-refractivity contribution < 1.29 is 32.0 Å². The minimum Gasteiger partial charge on any atom is -0.467 e. The highest BCUT2D eigenvalue weighted by Crippen LogP contribution is 2.29. The van der Waals surface area contributed by atoms with Crippen LogP contribution in [0.5, 0.6) is 0 Å². The fourth-order valence-corrected chi connectivity index (χ4v) is 2.49. The number of benzene rings is 1. The quantitative estimate of drug-likeness (QED) is 0.768. The molecule has 0 spiro atoms. The van der Waals surface area contributed by atoms with E-state index in [1.165, 1.54) is 31.4 Å². The Balaban J connectivity index is 2.18. The minimum absolute atomic E-state index is 0.213. The molecule has 0 bridgehead atoms. The van der Waals surface area contributed by atoms with Crippen LogP contribution < -0.4 is 5.32 Å². The van der Waals surface area contributed by atoms with Crippen molar-refractivity contribution in [2.24, 2.45) is 0 Å². The van der Waals surface area contributed by atoms with E-state index in [9.17, 15) is 22.8 Å². The molecule has 0 fully saturated rings. The highest BCUT2D eigenvalue weighted by Gasteiger charge is 2.38. The summed E-state index contributed by atoms with van der Waals surface area (Å²) in [6.07, 6.45) is -3.71. The third-order valence-corrected chi connectivity index (χ3v) is 3.85. The molecule has 146 valence electrons. The van der Waals surface area contributed by atoms with Crippen LogP contribution in [-0.4, -0.2) is 34.7 Å². The lowest BCUT2D eigenvalue weighted by Crippen LogP contribution is -2.52. The molecule has 0 aliphatic rings. The van der Waals surface area contributed by atoms with Crippen molar-refractivity contribution in [1.29, 1.82) is 0 Å². The molecule has 0 radical (unpaired) electrons. The maximum Gasteiger partial charge on any atom is 0.471 e. The SMILES string of the molecule is CCC[C@](C)(NC(=O)c1ccc(-c2noc(C(F)(F)F)n2)cc1)C(=O)OC. The second kappa shape index (κ2) is 7.77. The van der Waals surface area contributed by atoms with Gasteiger partial charge in [0.1, 0.15) is 5.54 Å². The molecule has 1 N–H and O–H groups in total. The Morgan fingerprint density at radius 3 is 2.33 bits per heavy atom. The number of carbonyl (C=O) groups is 2. The number of halogens is 3. The summed E-state index contributed by atoms with van der Waals surface area (Å²) in [7, 11) is 1.23. The predicted octanol–water partition coefficient (Wildman–Crippen LogP) is 3.22. The van der Waals surface area contributed by atoms with Crippen molar-refractivity contribution in [1.82, 2.24) is 15.5 Å². The lowest BCUT2D eigenvalue weighted by atomic mass is 9.95. The molecule has 10 heteroatoms. The Hall–Kier alpha value is -2.91. The molecule has 2 rings (SSSR count). The van der Waals surface area contributed by atoms with Crippen LogP contribution in [-0.2, 0) is 15.7 Å². The van der Waals surface area contributed by atoms with Crippen molar-refractivity contribution >= 4 is 11.9 Å². The van der Waals surface area contributed by atoms with Crippen molar-refractivity contribution in [3.05, 3.63) is 35.7 Å². The van der Waals surface area contributed by atoms with Gasteiger partial charge in [-0.2, -0.15) is 18.2 Å². The summed E-state index contributed by atoms with van der Waals surface area (Å²) in [6.45, 7) is 3.43. The second-order valence-electron chi connectivity index (χ2n) is 6.03. The summed E-state index contributed by atoms with van der Waals surface area (Å²) in [6, 6.07) is 5.54. The van der Waals surface area contributed by atoms with Gasteiger partial charge in [-0.3, -0.25) is 4.79 Å². The number of hydrogen-bond donors (Lipinski definition) is 1. The maximum atomic E-state index is 12.5. The van der Waals surface area contributed by atoms with Gasteiger partial charge in [-0.05, 0) is 25.5 Å². The van der Waals surface area contributed by atoms with Gasteiger partial charge in [-0.15, -0.1) is 0 Å². The summed E-state index contributed by atoms with van der Waals surface area (Å²) in [5, 5.41) is 5.91. The van der Waals surface area contributed by atoms with Gasteiger partial charge in [0.25, 0.3) is 5.91 Å². The van der Waals surface area contributed by atoms with E-state index < -0.39 is 29.5 Å². The highest BCUT2D eigenvalue weighted by atomic mass is 19.4. The molecular formula is C17H18F3N3O4. The zero-order valence-electron chi connectivity index (χ0n) is 14.9. The molecule has 1 aromatic heterocycles. The van der Waals surface area contributed by atoms with Gasteiger partial charge in [0.15, 0.2) is 0 Å². The Bertz CT molecular complexity index is 818. The van der Waals surface area contributed by atoms with Crippen LogP contribution in [0, 0.1) is 0 Å².